The molecule has 2 rings (SSSR count). The molecule has 19 heavy (non-hydrogen) atoms. The monoisotopic (exact) mass is 263 g/mol. The fraction of sp³-hybridized carbons (Fsp3) is 0.643. The van der Waals surface area contributed by atoms with Gasteiger partial charge < -0.3 is 10.0 Å². The maximum Gasteiger partial charge on any atom is 0.255 e. The number of hydrogen-bond donors (Lipinski definition) is 1. The first-order chi connectivity index (χ1) is 8.89. The van der Waals surface area contributed by atoms with Crippen LogP contribution in [0, 0.1) is 13.8 Å². The van der Waals surface area contributed by atoms with Crippen molar-refractivity contribution in [2.75, 3.05) is 13.1 Å². The molecule has 0 spiro atoms. The first-order valence-corrected chi connectivity index (χ1v) is 6.72. The SMILES string of the molecule is Cc1cc(C(=O)N2CCCC(C)(O)CC2)c(C)nn1. The Balaban J connectivity index is 2.17. The molecule has 0 saturated carbocycles. The number of likely N-dealkylation sites (tertiary alicyclic amines) is 1. The minimum absolute atomic E-state index is 0.00630. The average Bonchev–Trinajstić information content (AvgIpc) is 2.52. The van der Waals surface area contributed by atoms with E-state index in [2.05, 4.69) is 10.2 Å². The number of carbonyl (C=O) groups is 1. The molecule has 5 nitrogen and oxygen atoms in total. The van der Waals surface area contributed by atoms with Crippen molar-refractivity contribution in [2.24, 2.45) is 0 Å². The zero-order valence-electron chi connectivity index (χ0n) is 11.8. The van der Waals surface area contributed by atoms with Gasteiger partial charge in [0.25, 0.3) is 5.91 Å². The standard InChI is InChI=1S/C14H21N3O2/c1-10-9-12(11(2)16-15-10)13(18)17-7-4-5-14(3,19)6-8-17/h9,19H,4-8H2,1-3H3. The van der Waals surface area contributed by atoms with Crippen LogP contribution < -0.4 is 0 Å². The Kier molecular flexibility index (Phi) is 3.85. The molecule has 1 fully saturated rings. The maximum absolute atomic E-state index is 12.5. The molecule has 5 heteroatoms. The lowest BCUT2D eigenvalue weighted by Gasteiger charge is -2.23. The van der Waals surface area contributed by atoms with Gasteiger partial charge in [-0.1, -0.05) is 0 Å². The van der Waals surface area contributed by atoms with Gasteiger partial charge in [0, 0.05) is 13.1 Å². The summed E-state index contributed by atoms with van der Waals surface area (Å²) in [4.78, 5) is 14.3. The number of aromatic nitrogens is 2. The van der Waals surface area contributed by atoms with E-state index in [1.165, 1.54) is 0 Å². The molecule has 104 valence electrons. The summed E-state index contributed by atoms with van der Waals surface area (Å²) < 4.78 is 0. The van der Waals surface area contributed by atoms with Crippen molar-refractivity contribution in [1.82, 2.24) is 15.1 Å². The van der Waals surface area contributed by atoms with Crippen LogP contribution in [-0.4, -0.2) is 44.8 Å². The first-order valence-electron chi connectivity index (χ1n) is 6.72. The van der Waals surface area contributed by atoms with Gasteiger partial charge >= 0.3 is 0 Å². The summed E-state index contributed by atoms with van der Waals surface area (Å²) in [5.41, 5.74) is 1.37. The quantitative estimate of drug-likeness (QED) is 0.833. The van der Waals surface area contributed by atoms with E-state index in [4.69, 9.17) is 0 Å². The number of aryl methyl sites for hydroxylation is 2. The second-order valence-electron chi connectivity index (χ2n) is 5.63. The molecule has 1 aliphatic rings. The van der Waals surface area contributed by atoms with E-state index < -0.39 is 5.60 Å². The van der Waals surface area contributed by atoms with Crippen LogP contribution in [-0.2, 0) is 0 Å². The van der Waals surface area contributed by atoms with E-state index in [9.17, 15) is 9.90 Å². The number of aliphatic hydroxyl groups is 1. The first kappa shape index (κ1) is 13.9. The van der Waals surface area contributed by atoms with Gasteiger partial charge in [0.15, 0.2) is 0 Å². The van der Waals surface area contributed by atoms with Crippen LogP contribution in [0.1, 0.15) is 47.9 Å². The van der Waals surface area contributed by atoms with Crippen molar-refractivity contribution in [3.63, 3.8) is 0 Å². The summed E-state index contributed by atoms with van der Waals surface area (Å²) in [6.07, 6.45) is 2.19. The number of hydrogen-bond acceptors (Lipinski definition) is 4. The fourth-order valence-electron chi connectivity index (χ4n) is 2.40. The van der Waals surface area contributed by atoms with Gasteiger partial charge in [-0.2, -0.15) is 10.2 Å². The molecule has 1 aliphatic heterocycles. The van der Waals surface area contributed by atoms with Crippen molar-refractivity contribution >= 4 is 5.91 Å². The molecule has 1 atom stereocenters. The molecule has 1 saturated heterocycles. The predicted molar refractivity (Wildman–Crippen MR) is 71.9 cm³/mol. The lowest BCUT2D eigenvalue weighted by atomic mass is 9.98. The van der Waals surface area contributed by atoms with Crippen molar-refractivity contribution in [1.29, 1.82) is 0 Å². The Morgan fingerprint density at radius 3 is 2.79 bits per heavy atom. The van der Waals surface area contributed by atoms with E-state index >= 15 is 0 Å². The van der Waals surface area contributed by atoms with Crippen LogP contribution >= 0.6 is 0 Å². The number of rotatable bonds is 1. The van der Waals surface area contributed by atoms with Crippen LogP contribution in [0.5, 0.6) is 0 Å². The Bertz CT molecular complexity index is 486. The predicted octanol–water partition coefficient (Wildman–Crippen LogP) is 1.47. The van der Waals surface area contributed by atoms with Crippen LogP contribution in [0.25, 0.3) is 0 Å². The highest BCUT2D eigenvalue weighted by atomic mass is 16.3. The highest BCUT2D eigenvalue weighted by molar-refractivity contribution is 5.95. The number of amides is 1. The smallest absolute Gasteiger partial charge is 0.255 e. The number of nitrogens with zero attached hydrogens (tertiary/aromatic N) is 3. The van der Waals surface area contributed by atoms with Crippen LogP contribution in [0.2, 0.25) is 0 Å². The summed E-state index contributed by atoms with van der Waals surface area (Å²) in [7, 11) is 0. The van der Waals surface area contributed by atoms with E-state index in [1.54, 1.807) is 13.0 Å². The van der Waals surface area contributed by atoms with Crippen molar-refractivity contribution in [3.05, 3.63) is 23.0 Å². The van der Waals surface area contributed by atoms with Gasteiger partial charge in [-0.25, -0.2) is 0 Å². The Labute approximate surface area is 113 Å². The van der Waals surface area contributed by atoms with Gasteiger partial charge in [0.05, 0.1) is 22.6 Å². The van der Waals surface area contributed by atoms with E-state index in [-0.39, 0.29) is 5.91 Å². The molecular formula is C14H21N3O2. The molecule has 1 N–H and O–H groups in total. The third kappa shape index (κ3) is 3.29. The lowest BCUT2D eigenvalue weighted by molar-refractivity contribution is 0.0438. The Morgan fingerprint density at radius 1 is 1.32 bits per heavy atom. The summed E-state index contributed by atoms with van der Waals surface area (Å²) in [5.74, 6) is -0.00630. The molecule has 0 radical (unpaired) electrons. The highest BCUT2D eigenvalue weighted by Gasteiger charge is 2.28. The van der Waals surface area contributed by atoms with Gasteiger partial charge in [0.2, 0.25) is 0 Å². The van der Waals surface area contributed by atoms with Crippen molar-refractivity contribution in [3.8, 4) is 0 Å². The maximum atomic E-state index is 12.5. The van der Waals surface area contributed by atoms with Gasteiger partial charge in [-0.05, 0) is 46.1 Å². The largest absolute Gasteiger partial charge is 0.390 e. The molecule has 1 unspecified atom stereocenters. The van der Waals surface area contributed by atoms with Crippen LogP contribution in [0.15, 0.2) is 6.07 Å². The zero-order valence-corrected chi connectivity index (χ0v) is 11.8. The Hall–Kier alpha value is -1.49. The molecule has 2 heterocycles. The third-order valence-corrected chi connectivity index (χ3v) is 3.68. The normalized spacial score (nSPS) is 24.1. The summed E-state index contributed by atoms with van der Waals surface area (Å²) in [6, 6.07) is 1.79. The zero-order chi connectivity index (χ0) is 14.0. The van der Waals surface area contributed by atoms with Gasteiger partial charge in [-0.3, -0.25) is 4.79 Å². The average molecular weight is 263 g/mol. The van der Waals surface area contributed by atoms with E-state index in [0.717, 1.165) is 18.5 Å². The minimum Gasteiger partial charge on any atom is -0.390 e. The number of carbonyl (C=O) groups excluding carboxylic acids is 1. The lowest BCUT2D eigenvalue weighted by Crippen LogP contribution is -2.34. The fourth-order valence-corrected chi connectivity index (χ4v) is 2.40. The molecule has 0 bridgehead atoms. The van der Waals surface area contributed by atoms with Crippen LogP contribution in [0.4, 0.5) is 0 Å². The van der Waals surface area contributed by atoms with Gasteiger partial charge in [-0.15, -0.1) is 0 Å². The summed E-state index contributed by atoms with van der Waals surface area (Å²) in [6.45, 7) is 6.75. The molecule has 1 aromatic rings. The van der Waals surface area contributed by atoms with E-state index in [1.807, 2.05) is 18.7 Å². The van der Waals surface area contributed by atoms with Gasteiger partial charge in [0.1, 0.15) is 0 Å². The second-order valence-corrected chi connectivity index (χ2v) is 5.63. The van der Waals surface area contributed by atoms with E-state index in [0.29, 0.717) is 30.8 Å². The highest BCUT2D eigenvalue weighted by Crippen LogP contribution is 2.22. The molecule has 1 aromatic heterocycles. The topological polar surface area (TPSA) is 66.3 Å². The summed E-state index contributed by atoms with van der Waals surface area (Å²) >= 11 is 0. The minimum atomic E-state index is -0.656. The third-order valence-electron chi connectivity index (χ3n) is 3.68. The second kappa shape index (κ2) is 5.25. The molecule has 0 aliphatic carbocycles. The molecular weight excluding hydrogens is 242 g/mol. The van der Waals surface area contributed by atoms with Crippen LogP contribution in [0.3, 0.4) is 0 Å². The molecule has 1 amide bonds. The Morgan fingerprint density at radius 2 is 2.05 bits per heavy atom. The van der Waals surface area contributed by atoms with Crippen molar-refractivity contribution in [2.45, 2.75) is 45.6 Å². The molecule has 0 aromatic carbocycles. The summed E-state index contributed by atoms with van der Waals surface area (Å²) in [5, 5.41) is 18.0. The van der Waals surface area contributed by atoms with Crippen molar-refractivity contribution < 1.29 is 9.90 Å².